The van der Waals surface area contributed by atoms with Gasteiger partial charge in [0.05, 0.1) is 16.9 Å². The highest BCUT2D eigenvalue weighted by molar-refractivity contribution is 7.98. The number of para-hydroxylation sites is 1. The molecule has 3 aromatic carbocycles. The van der Waals surface area contributed by atoms with Crippen LogP contribution in [0.15, 0.2) is 90.0 Å². The van der Waals surface area contributed by atoms with Crippen LogP contribution < -0.4 is 0 Å². The first-order valence-electron chi connectivity index (χ1n) is 9.57. The van der Waals surface area contributed by atoms with Crippen molar-refractivity contribution >= 4 is 22.7 Å². The van der Waals surface area contributed by atoms with Gasteiger partial charge in [0.2, 0.25) is 0 Å². The summed E-state index contributed by atoms with van der Waals surface area (Å²) in [5, 5.41) is 1.04. The Labute approximate surface area is 178 Å². The molecule has 0 bridgehead atoms. The van der Waals surface area contributed by atoms with E-state index in [4.69, 9.17) is 4.98 Å². The fourth-order valence-corrected chi connectivity index (χ4v) is 3.99. The van der Waals surface area contributed by atoms with E-state index in [9.17, 15) is 4.39 Å². The van der Waals surface area contributed by atoms with Crippen LogP contribution >= 0.6 is 11.8 Å². The number of hydrogen-bond acceptors (Lipinski definition) is 3. The molecule has 30 heavy (non-hydrogen) atoms. The van der Waals surface area contributed by atoms with E-state index in [0.29, 0.717) is 0 Å². The molecule has 0 aliphatic carbocycles. The first-order valence-corrected chi connectivity index (χ1v) is 10.8. The van der Waals surface area contributed by atoms with Gasteiger partial charge in [0, 0.05) is 33.2 Å². The third-order valence-electron chi connectivity index (χ3n) is 5.10. The molecule has 1 N–H and O–H groups in total. The minimum atomic E-state index is -0.266. The number of imidazole rings is 1. The summed E-state index contributed by atoms with van der Waals surface area (Å²) in [6.07, 6.45) is 3.86. The summed E-state index contributed by atoms with van der Waals surface area (Å²) in [6.45, 7) is 0. The number of hydrogen-bond donors (Lipinski definition) is 1. The summed E-state index contributed by atoms with van der Waals surface area (Å²) in [5.74, 6) is 0.510. The van der Waals surface area contributed by atoms with Gasteiger partial charge in [-0.3, -0.25) is 4.98 Å². The molecule has 146 valence electrons. The van der Waals surface area contributed by atoms with E-state index in [2.05, 4.69) is 46.6 Å². The maximum Gasteiger partial charge on any atom is 0.138 e. The molecule has 0 saturated carbocycles. The molecule has 0 saturated heterocycles. The summed E-state index contributed by atoms with van der Waals surface area (Å²) < 4.78 is 13.5. The largest absolute Gasteiger partial charge is 0.337 e. The highest BCUT2D eigenvalue weighted by atomic mass is 32.2. The second-order valence-corrected chi connectivity index (χ2v) is 7.80. The van der Waals surface area contributed by atoms with Crippen molar-refractivity contribution < 1.29 is 4.39 Å². The third kappa shape index (κ3) is 3.37. The van der Waals surface area contributed by atoms with Crippen LogP contribution in [-0.2, 0) is 0 Å². The average Bonchev–Trinajstić information content (AvgIpc) is 3.24. The normalized spacial score (nSPS) is 11.1. The SMILES string of the molecule is CSc1ccc(-c2nc(-c3ccc(F)cc3)c(-c3ccnc4ccccc34)[nH]2)cc1. The molecular formula is C25H18FN3S. The first kappa shape index (κ1) is 18.6. The zero-order valence-electron chi connectivity index (χ0n) is 16.3. The predicted molar refractivity (Wildman–Crippen MR) is 122 cm³/mol. The summed E-state index contributed by atoms with van der Waals surface area (Å²) >= 11 is 1.70. The lowest BCUT2D eigenvalue weighted by molar-refractivity contribution is 0.628. The number of halogens is 1. The molecule has 5 heteroatoms. The Morgan fingerprint density at radius 3 is 2.33 bits per heavy atom. The quantitative estimate of drug-likeness (QED) is 0.330. The minimum absolute atomic E-state index is 0.266. The number of pyridine rings is 1. The first-order chi connectivity index (χ1) is 14.7. The molecule has 0 fully saturated rings. The van der Waals surface area contributed by atoms with Crippen molar-refractivity contribution in [3.05, 3.63) is 90.9 Å². The Kier molecular flexibility index (Phi) is 4.81. The second kappa shape index (κ2) is 7.76. The monoisotopic (exact) mass is 411 g/mol. The van der Waals surface area contributed by atoms with Crippen LogP contribution in [-0.4, -0.2) is 21.2 Å². The van der Waals surface area contributed by atoms with Crippen molar-refractivity contribution in [2.24, 2.45) is 0 Å². The Hall–Kier alpha value is -3.44. The molecule has 2 heterocycles. The topological polar surface area (TPSA) is 41.6 Å². The van der Waals surface area contributed by atoms with E-state index >= 15 is 0 Å². The Morgan fingerprint density at radius 2 is 1.57 bits per heavy atom. The van der Waals surface area contributed by atoms with E-state index in [1.54, 1.807) is 30.1 Å². The number of thioether (sulfide) groups is 1. The van der Waals surface area contributed by atoms with Crippen LogP contribution in [0.5, 0.6) is 0 Å². The molecule has 0 amide bonds. The van der Waals surface area contributed by atoms with Gasteiger partial charge < -0.3 is 4.98 Å². The molecule has 0 atom stereocenters. The number of aromatic nitrogens is 3. The van der Waals surface area contributed by atoms with E-state index in [1.807, 2.05) is 24.3 Å². The van der Waals surface area contributed by atoms with Crippen LogP contribution in [0.2, 0.25) is 0 Å². The molecule has 5 rings (SSSR count). The van der Waals surface area contributed by atoms with Crippen LogP contribution in [0.4, 0.5) is 4.39 Å². The third-order valence-corrected chi connectivity index (χ3v) is 5.85. The fraction of sp³-hybridized carbons (Fsp3) is 0.0400. The van der Waals surface area contributed by atoms with Gasteiger partial charge >= 0.3 is 0 Å². The highest BCUT2D eigenvalue weighted by Crippen LogP contribution is 2.36. The van der Waals surface area contributed by atoms with Crippen molar-refractivity contribution in [1.29, 1.82) is 0 Å². The molecule has 0 aliphatic rings. The van der Waals surface area contributed by atoms with E-state index in [1.165, 1.54) is 17.0 Å². The van der Waals surface area contributed by atoms with Gasteiger partial charge in [0.15, 0.2) is 0 Å². The molecule has 2 aromatic heterocycles. The number of nitrogens with one attached hydrogen (secondary N) is 1. The van der Waals surface area contributed by atoms with Gasteiger partial charge in [-0.25, -0.2) is 9.37 Å². The lowest BCUT2D eigenvalue weighted by Crippen LogP contribution is -1.88. The number of nitrogens with zero attached hydrogens (tertiary/aromatic N) is 2. The van der Waals surface area contributed by atoms with E-state index in [-0.39, 0.29) is 5.82 Å². The summed E-state index contributed by atoms with van der Waals surface area (Å²) in [5.41, 5.74) is 5.47. The van der Waals surface area contributed by atoms with Crippen molar-refractivity contribution in [3.8, 4) is 33.9 Å². The number of benzene rings is 3. The van der Waals surface area contributed by atoms with Crippen LogP contribution in [0.3, 0.4) is 0 Å². The lowest BCUT2D eigenvalue weighted by Gasteiger charge is -2.07. The van der Waals surface area contributed by atoms with Crippen LogP contribution in [0.1, 0.15) is 0 Å². The number of rotatable bonds is 4. The average molecular weight is 412 g/mol. The van der Waals surface area contributed by atoms with Gasteiger partial charge in [0.25, 0.3) is 0 Å². The lowest BCUT2D eigenvalue weighted by atomic mass is 10.0. The van der Waals surface area contributed by atoms with Crippen molar-refractivity contribution in [1.82, 2.24) is 15.0 Å². The van der Waals surface area contributed by atoms with Gasteiger partial charge in [-0.2, -0.15) is 0 Å². The van der Waals surface area contributed by atoms with E-state index in [0.717, 1.165) is 44.8 Å². The predicted octanol–water partition coefficient (Wildman–Crippen LogP) is 6.82. The molecule has 3 nitrogen and oxygen atoms in total. The molecular weight excluding hydrogens is 393 g/mol. The van der Waals surface area contributed by atoms with E-state index < -0.39 is 0 Å². The standard InChI is InChI=1S/C25H18FN3S/c1-30-19-12-8-17(9-13-19)25-28-23(16-6-10-18(26)11-7-16)24(29-25)21-14-15-27-22-5-3-2-4-20(21)22/h2-15H,1H3,(H,28,29). The maximum atomic E-state index is 13.5. The summed E-state index contributed by atoms with van der Waals surface area (Å²) in [7, 11) is 0. The zero-order chi connectivity index (χ0) is 20.5. The van der Waals surface area contributed by atoms with Crippen molar-refractivity contribution in [2.75, 3.05) is 6.26 Å². The fourth-order valence-electron chi connectivity index (χ4n) is 3.58. The number of H-pyrrole nitrogens is 1. The van der Waals surface area contributed by atoms with Gasteiger partial charge in [-0.15, -0.1) is 11.8 Å². The highest BCUT2D eigenvalue weighted by Gasteiger charge is 2.17. The zero-order valence-corrected chi connectivity index (χ0v) is 17.1. The smallest absolute Gasteiger partial charge is 0.138 e. The van der Waals surface area contributed by atoms with Gasteiger partial charge in [-0.05, 0) is 54.8 Å². The maximum absolute atomic E-state index is 13.5. The Morgan fingerprint density at radius 1 is 0.833 bits per heavy atom. The molecule has 0 unspecified atom stereocenters. The summed E-state index contributed by atoms with van der Waals surface area (Å²) in [6, 6.07) is 24.8. The van der Waals surface area contributed by atoms with Crippen LogP contribution in [0, 0.1) is 5.82 Å². The Balaban J connectivity index is 1.73. The van der Waals surface area contributed by atoms with Crippen LogP contribution in [0.25, 0.3) is 44.8 Å². The minimum Gasteiger partial charge on any atom is -0.337 e. The van der Waals surface area contributed by atoms with Crippen molar-refractivity contribution in [2.45, 2.75) is 4.90 Å². The van der Waals surface area contributed by atoms with Gasteiger partial charge in [-0.1, -0.05) is 30.3 Å². The molecule has 0 radical (unpaired) electrons. The second-order valence-electron chi connectivity index (χ2n) is 6.92. The molecule has 0 aliphatic heterocycles. The van der Waals surface area contributed by atoms with Gasteiger partial charge in [0.1, 0.15) is 11.6 Å². The molecule has 5 aromatic rings. The number of aromatic amines is 1. The van der Waals surface area contributed by atoms with Crippen molar-refractivity contribution in [3.63, 3.8) is 0 Å². The number of fused-ring (bicyclic) bond motifs is 1. The molecule has 0 spiro atoms. The summed E-state index contributed by atoms with van der Waals surface area (Å²) in [4.78, 5) is 14.1. The Bertz CT molecular complexity index is 1320.